The highest BCUT2D eigenvalue weighted by atomic mass is 16.3. The van der Waals surface area contributed by atoms with Crippen molar-refractivity contribution in [1.82, 2.24) is 24.6 Å². The van der Waals surface area contributed by atoms with Crippen LogP contribution in [0.15, 0.2) is 36.9 Å². The summed E-state index contributed by atoms with van der Waals surface area (Å²) in [5, 5.41) is 14.9. The molecule has 3 rings (SSSR count). The number of aryl methyl sites for hydroxylation is 1. The van der Waals surface area contributed by atoms with Gasteiger partial charge in [0, 0.05) is 51.3 Å². The molecule has 1 aliphatic heterocycles. The third kappa shape index (κ3) is 4.54. The number of anilines is 1. The molecular weight excluding hydrogens is 320 g/mol. The van der Waals surface area contributed by atoms with E-state index >= 15 is 0 Å². The lowest BCUT2D eigenvalue weighted by atomic mass is 10.0. The number of hydrogen-bond acceptors (Lipinski definition) is 6. The molecule has 0 bridgehead atoms. The summed E-state index contributed by atoms with van der Waals surface area (Å²) in [6, 6.07) is 3.63. The highest BCUT2D eigenvalue weighted by Gasteiger charge is 2.38. The van der Waals surface area contributed by atoms with Crippen molar-refractivity contribution in [3.05, 3.63) is 36.9 Å². The average Bonchev–Trinajstić information content (AvgIpc) is 3.25. The Balaban J connectivity index is 1.46. The van der Waals surface area contributed by atoms with Crippen LogP contribution >= 0.6 is 0 Å². The number of amides is 1. The van der Waals surface area contributed by atoms with Gasteiger partial charge in [-0.3, -0.25) is 9.48 Å². The summed E-state index contributed by atoms with van der Waals surface area (Å²) in [4.78, 5) is 24.3. The highest BCUT2D eigenvalue weighted by Crippen LogP contribution is 2.25. The van der Waals surface area contributed by atoms with Crippen LogP contribution in [0.4, 0.5) is 5.95 Å². The average molecular weight is 344 g/mol. The number of carbonyl (C=O) groups is 1. The summed E-state index contributed by atoms with van der Waals surface area (Å²) in [6.45, 7) is 2.15. The van der Waals surface area contributed by atoms with E-state index in [0.29, 0.717) is 38.4 Å². The second kappa shape index (κ2) is 7.60. The van der Waals surface area contributed by atoms with Gasteiger partial charge >= 0.3 is 0 Å². The molecule has 1 saturated heterocycles. The molecule has 8 nitrogen and oxygen atoms in total. The minimum Gasteiger partial charge on any atom is -0.386 e. The predicted octanol–water partition coefficient (Wildman–Crippen LogP) is 0.553. The number of carbonyl (C=O) groups excluding carboxylic acids is 1. The zero-order chi connectivity index (χ0) is 17.7. The Morgan fingerprint density at radius 3 is 2.84 bits per heavy atom. The Bertz CT molecular complexity index is 678. The van der Waals surface area contributed by atoms with Gasteiger partial charge in [-0.05, 0) is 25.0 Å². The Kier molecular flexibility index (Phi) is 5.28. The molecule has 1 N–H and O–H groups in total. The van der Waals surface area contributed by atoms with E-state index in [2.05, 4.69) is 15.1 Å². The molecule has 0 spiro atoms. The Morgan fingerprint density at radius 2 is 2.12 bits per heavy atom. The first kappa shape index (κ1) is 17.3. The zero-order valence-corrected chi connectivity index (χ0v) is 14.5. The summed E-state index contributed by atoms with van der Waals surface area (Å²) in [5.74, 6) is 0.654. The quantitative estimate of drug-likeness (QED) is 0.789. The number of likely N-dealkylation sites (N-methyl/N-ethyl adjacent to an activating group) is 1. The Morgan fingerprint density at radius 1 is 1.32 bits per heavy atom. The van der Waals surface area contributed by atoms with Gasteiger partial charge in [0.15, 0.2) is 0 Å². The van der Waals surface area contributed by atoms with Crippen molar-refractivity contribution in [3.8, 4) is 0 Å². The molecule has 8 heteroatoms. The summed E-state index contributed by atoms with van der Waals surface area (Å²) < 4.78 is 1.82. The summed E-state index contributed by atoms with van der Waals surface area (Å²) in [5.41, 5.74) is -0.925. The lowest BCUT2D eigenvalue weighted by Gasteiger charge is -2.29. The Hall–Kier alpha value is -2.48. The second-order valence-electron chi connectivity index (χ2n) is 6.57. The lowest BCUT2D eigenvalue weighted by molar-refractivity contribution is -0.133. The van der Waals surface area contributed by atoms with E-state index in [-0.39, 0.29) is 5.91 Å². The fourth-order valence-corrected chi connectivity index (χ4v) is 3.16. The normalized spacial score (nSPS) is 20.0. The first-order valence-corrected chi connectivity index (χ1v) is 8.51. The van der Waals surface area contributed by atoms with Gasteiger partial charge in [0.1, 0.15) is 5.60 Å². The van der Waals surface area contributed by atoms with Crippen molar-refractivity contribution in [2.75, 3.05) is 31.6 Å². The minimum absolute atomic E-state index is 0.0370. The third-order valence-electron chi connectivity index (χ3n) is 4.46. The minimum atomic E-state index is -0.925. The van der Waals surface area contributed by atoms with Crippen LogP contribution in [0.1, 0.15) is 19.3 Å². The maximum Gasteiger partial charge on any atom is 0.225 e. The Labute approximate surface area is 147 Å². The number of β-amino-alcohol motifs (C(OH)–C–C–N with tert-alkyl or cyclic N) is 1. The third-order valence-corrected chi connectivity index (χ3v) is 4.46. The van der Waals surface area contributed by atoms with Crippen LogP contribution in [0, 0.1) is 0 Å². The molecule has 0 aromatic carbocycles. The largest absolute Gasteiger partial charge is 0.386 e. The van der Waals surface area contributed by atoms with Crippen molar-refractivity contribution >= 4 is 11.9 Å². The lowest BCUT2D eigenvalue weighted by Crippen LogP contribution is -2.46. The van der Waals surface area contributed by atoms with Gasteiger partial charge < -0.3 is 14.9 Å². The van der Waals surface area contributed by atoms with E-state index in [1.807, 2.05) is 21.8 Å². The van der Waals surface area contributed by atoms with E-state index in [1.54, 1.807) is 36.6 Å². The van der Waals surface area contributed by atoms with Crippen LogP contribution in [0.25, 0.3) is 0 Å². The standard InChI is InChI=1S/C17H24N6O2/c1-21(15(24)5-2-10-23-11-4-9-20-23)13-17(25)6-12-22(14-17)16-18-7-3-8-19-16/h3-4,7-9,11,25H,2,5-6,10,12-14H2,1H3/t17-/m1/s1. The van der Waals surface area contributed by atoms with Crippen LogP contribution in [0.2, 0.25) is 0 Å². The van der Waals surface area contributed by atoms with E-state index in [9.17, 15) is 9.90 Å². The predicted molar refractivity (Wildman–Crippen MR) is 92.9 cm³/mol. The highest BCUT2D eigenvalue weighted by molar-refractivity contribution is 5.75. The van der Waals surface area contributed by atoms with Crippen molar-refractivity contribution in [1.29, 1.82) is 0 Å². The fourth-order valence-electron chi connectivity index (χ4n) is 3.16. The van der Waals surface area contributed by atoms with Gasteiger partial charge in [-0.15, -0.1) is 0 Å². The van der Waals surface area contributed by atoms with E-state index in [1.165, 1.54) is 0 Å². The monoisotopic (exact) mass is 344 g/mol. The van der Waals surface area contributed by atoms with Crippen LogP contribution in [-0.4, -0.2) is 67.9 Å². The smallest absolute Gasteiger partial charge is 0.225 e. The summed E-state index contributed by atoms with van der Waals surface area (Å²) in [6.07, 6.45) is 8.76. The van der Waals surface area contributed by atoms with Crippen molar-refractivity contribution in [3.63, 3.8) is 0 Å². The van der Waals surface area contributed by atoms with Gasteiger partial charge in [0.05, 0.1) is 13.1 Å². The molecule has 1 amide bonds. The van der Waals surface area contributed by atoms with Gasteiger partial charge in [-0.25, -0.2) is 9.97 Å². The molecular formula is C17H24N6O2. The van der Waals surface area contributed by atoms with Crippen molar-refractivity contribution in [2.24, 2.45) is 0 Å². The maximum atomic E-state index is 12.3. The van der Waals surface area contributed by atoms with Crippen LogP contribution < -0.4 is 4.90 Å². The molecule has 2 aromatic rings. The van der Waals surface area contributed by atoms with Gasteiger partial charge in [-0.2, -0.15) is 5.10 Å². The second-order valence-corrected chi connectivity index (χ2v) is 6.57. The van der Waals surface area contributed by atoms with Gasteiger partial charge in [0.2, 0.25) is 11.9 Å². The van der Waals surface area contributed by atoms with Gasteiger partial charge in [-0.1, -0.05) is 0 Å². The van der Waals surface area contributed by atoms with Crippen molar-refractivity contribution in [2.45, 2.75) is 31.4 Å². The molecule has 1 aliphatic rings. The molecule has 134 valence electrons. The van der Waals surface area contributed by atoms with E-state index < -0.39 is 5.60 Å². The number of nitrogens with zero attached hydrogens (tertiary/aromatic N) is 6. The number of aliphatic hydroxyl groups is 1. The SMILES string of the molecule is CN(C[C@]1(O)CCN(c2ncccn2)C1)C(=O)CCCn1cccn1. The van der Waals surface area contributed by atoms with E-state index in [4.69, 9.17) is 0 Å². The molecule has 25 heavy (non-hydrogen) atoms. The maximum absolute atomic E-state index is 12.3. The molecule has 1 atom stereocenters. The summed E-state index contributed by atoms with van der Waals surface area (Å²) >= 11 is 0. The van der Waals surface area contributed by atoms with E-state index in [0.717, 1.165) is 13.0 Å². The van der Waals surface area contributed by atoms with Crippen LogP contribution in [0.3, 0.4) is 0 Å². The first-order valence-electron chi connectivity index (χ1n) is 8.51. The molecule has 0 radical (unpaired) electrons. The van der Waals surface area contributed by atoms with Crippen molar-refractivity contribution < 1.29 is 9.90 Å². The topological polar surface area (TPSA) is 87.4 Å². The molecule has 0 unspecified atom stereocenters. The zero-order valence-electron chi connectivity index (χ0n) is 14.5. The van der Waals surface area contributed by atoms with Crippen LogP contribution in [-0.2, 0) is 11.3 Å². The molecule has 0 aliphatic carbocycles. The molecule has 1 fully saturated rings. The van der Waals surface area contributed by atoms with Crippen LogP contribution in [0.5, 0.6) is 0 Å². The molecule has 0 saturated carbocycles. The summed E-state index contributed by atoms with van der Waals surface area (Å²) in [7, 11) is 1.75. The number of aromatic nitrogens is 4. The fraction of sp³-hybridized carbons (Fsp3) is 0.529. The molecule has 2 aromatic heterocycles. The van der Waals surface area contributed by atoms with Gasteiger partial charge in [0.25, 0.3) is 0 Å². The number of hydrogen-bond donors (Lipinski definition) is 1. The molecule has 3 heterocycles. The number of rotatable bonds is 7. The first-order chi connectivity index (χ1) is 12.1.